The average Bonchev–Trinajstić information content (AvgIpc) is 2.85. The van der Waals surface area contributed by atoms with Crippen LogP contribution in [0.15, 0.2) is 36.8 Å². The maximum absolute atomic E-state index is 6.13. The number of nitrogens with zero attached hydrogens (tertiary/aromatic N) is 2. The van der Waals surface area contributed by atoms with Gasteiger partial charge >= 0.3 is 0 Å². The van der Waals surface area contributed by atoms with Crippen LogP contribution in [0, 0.1) is 0 Å². The van der Waals surface area contributed by atoms with Gasteiger partial charge in [-0.3, -0.25) is 10.1 Å². The number of H-pyrrole nitrogens is 1. The molecule has 3 aromatic rings. The van der Waals surface area contributed by atoms with Crippen molar-refractivity contribution in [2.45, 2.75) is 13.0 Å². The Labute approximate surface area is 125 Å². The molecule has 4 nitrogen and oxygen atoms in total. The number of rotatable bonds is 3. The van der Waals surface area contributed by atoms with Crippen LogP contribution in [0.1, 0.15) is 18.6 Å². The molecular weight excluding hydrogens is 297 g/mol. The van der Waals surface area contributed by atoms with Crippen LogP contribution in [0.25, 0.3) is 10.9 Å². The van der Waals surface area contributed by atoms with Crippen molar-refractivity contribution in [1.29, 1.82) is 0 Å². The summed E-state index contributed by atoms with van der Waals surface area (Å²) in [6, 6.07) is 5.71. The number of fused-ring (bicyclic) bond motifs is 1. The first-order valence-electron chi connectivity index (χ1n) is 6.04. The van der Waals surface area contributed by atoms with E-state index in [1.165, 1.54) is 0 Å². The van der Waals surface area contributed by atoms with Crippen LogP contribution in [-0.4, -0.2) is 15.2 Å². The summed E-state index contributed by atoms with van der Waals surface area (Å²) in [5.74, 6) is 0.732. The van der Waals surface area contributed by atoms with Crippen molar-refractivity contribution >= 4 is 34.1 Å². The SMILES string of the molecule is CC(Oc1ccc2[nH]ncc2c1)c1c(Cl)cncc1Cl. The molecule has 0 radical (unpaired) electrons. The van der Waals surface area contributed by atoms with E-state index in [9.17, 15) is 0 Å². The zero-order valence-corrected chi connectivity index (χ0v) is 12.1. The second-order valence-electron chi connectivity index (χ2n) is 4.40. The first-order valence-corrected chi connectivity index (χ1v) is 6.79. The molecule has 0 bridgehead atoms. The Morgan fingerprint density at radius 2 is 1.90 bits per heavy atom. The van der Waals surface area contributed by atoms with Crippen molar-refractivity contribution in [3.63, 3.8) is 0 Å². The van der Waals surface area contributed by atoms with E-state index < -0.39 is 0 Å². The molecule has 102 valence electrons. The van der Waals surface area contributed by atoms with E-state index in [4.69, 9.17) is 27.9 Å². The van der Waals surface area contributed by atoms with Gasteiger partial charge in [-0.1, -0.05) is 23.2 Å². The van der Waals surface area contributed by atoms with Gasteiger partial charge in [-0.15, -0.1) is 0 Å². The number of aromatic amines is 1. The molecule has 20 heavy (non-hydrogen) atoms. The number of pyridine rings is 1. The lowest BCUT2D eigenvalue weighted by atomic mass is 10.1. The average molecular weight is 308 g/mol. The lowest BCUT2D eigenvalue weighted by Gasteiger charge is -2.17. The molecule has 3 rings (SSSR count). The van der Waals surface area contributed by atoms with Crippen molar-refractivity contribution in [3.05, 3.63) is 52.4 Å². The molecule has 2 aromatic heterocycles. The summed E-state index contributed by atoms with van der Waals surface area (Å²) in [7, 11) is 0. The molecule has 1 unspecified atom stereocenters. The fourth-order valence-electron chi connectivity index (χ4n) is 2.07. The number of aromatic nitrogens is 3. The van der Waals surface area contributed by atoms with Crippen LogP contribution in [0.2, 0.25) is 10.0 Å². The zero-order chi connectivity index (χ0) is 14.1. The largest absolute Gasteiger partial charge is 0.486 e. The van der Waals surface area contributed by atoms with E-state index in [2.05, 4.69) is 15.2 Å². The maximum Gasteiger partial charge on any atom is 0.124 e. The molecule has 2 heterocycles. The normalized spacial score (nSPS) is 12.6. The van der Waals surface area contributed by atoms with E-state index in [0.29, 0.717) is 10.0 Å². The molecular formula is C14H11Cl2N3O. The standard InChI is InChI=1S/C14H11Cl2N3O/c1-8(14-11(15)6-17-7-12(14)16)20-10-2-3-13-9(4-10)5-18-19-13/h2-8H,1H3,(H,18,19). The highest BCUT2D eigenvalue weighted by Crippen LogP contribution is 2.32. The van der Waals surface area contributed by atoms with Crippen molar-refractivity contribution in [3.8, 4) is 5.75 Å². The minimum absolute atomic E-state index is 0.276. The van der Waals surface area contributed by atoms with Gasteiger partial charge in [0.1, 0.15) is 11.9 Å². The smallest absolute Gasteiger partial charge is 0.124 e. The monoisotopic (exact) mass is 307 g/mol. The van der Waals surface area contributed by atoms with Gasteiger partial charge in [0, 0.05) is 23.3 Å². The highest BCUT2D eigenvalue weighted by Gasteiger charge is 2.16. The van der Waals surface area contributed by atoms with Crippen LogP contribution >= 0.6 is 23.2 Å². The van der Waals surface area contributed by atoms with E-state index in [1.807, 2.05) is 25.1 Å². The molecule has 6 heteroatoms. The van der Waals surface area contributed by atoms with Gasteiger partial charge in [-0.05, 0) is 25.1 Å². The Bertz CT molecular complexity index is 737. The third-order valence-electron chi connectivity index (χ3n) is 3.02. The molecule has 1 atom stereocenters. The van der Waals surface area contributed by atoms with Gasteiger partial charge < -0.3 is 4.74 Å². The first-order chi connectivity index (χ1) is 9.65. The summed E-state index contributed by atoms with van der Waals surface area (Å²) in [4.78, 5) is 3.94. The van der Waals surface area contributed by atoms with Crippen LogP contribution < -0.4 is 4.74 Å². The summed E-state index contributed by atoms with van der Waals surface area (Å²) in [5.41, 5.74) is 1.70. The van der Waals surface area contributed by atoms with Gasteiger partial charge in [-0.25, -0.2) is 0 Å². The lowest BCUT2D eigenvalue weighted by molar-refractivity contribution is 0.227. The highest BCUT2D eigenvalue weighted by atomic mass is 35.5. The lowest BCUT2D eigenvalue weighted by Crippen LogP contribution is -2.05. The van der Waals surface area contributed by atoms with Crippen molar-refractivity contribution in [2.24, 2.45) is 0 Å². The van der Waals surface area contributed by atoms with Crippen molar-refractivity contribution in [2.75, 3.05) is 0 Å². The second-order valence-corrected chi connectivity index (χ2v) is 5.21. The number of hydrogen-bond donors (Lipinski definition) is 1. The number of benzene rings is 1. The van der Waals surface area contributed by atoms with E-state index in [0.717, 1.165) is 22.2 Å². The van der Waals surface area contributed by atoms with Crippen LogP contribution in [0.4, 0.5) is 0 Å². The van der Waals surface area contributed by atoms with Gasteiger partial charge in [0.15, 0.2) is 0 Å². The van der Waals surface area contributed by atoms with Crippen LogP contribution in [0.5, 0.6) is 5.75 Å². The quantitative estimate of drug-likeness (QED) is 0.780. The minimum atomic E-state index is -0.276. The molecule has 0 spiro atoms. The van der Waals surface area contributed by atoms with Gasteiger partial charge in [0.2, 0.25) is 0 Å². The van der Waals surface area contributed by atoms with E-state index in [1.54, 1.807) is 18.6 Å². The van der Waals surface area contributed by atoms with E-state index >= 15 is 0 Å². The van der Waals surface area contributed by atoms with Gasteiger partial charge in [0.25, 0.3) is 0 Å². The molecule has 1 aromatic carbocycles. The zero-order valence-electron chi connectivity index (χ0n) is 10.6. The predicted molar refractivity (Wildman–Crippen MR) is 79.4 cm³/mol. The Kier molecular flexibility index (Phi) is 3.51. The Morgan fingerprint density at radius 3 is 2.65 bits per heavy atom. The minimum Gasteiger partial charge on any atom is -0.486 e. The maximum atomic E-state index is 6.13. The second kappa shape index (κ2) is 5.31. The summed E-state index contributed by atoms with van der Waals surface area (Å²) in [6.07, 6.45) is 4.59. The molecule has 0 amide bonds. The topological polar surface area (TPSA) is 50.8 Å². The molecule has 0 aliphatic carbocycles. The third-order valence-corrected chi connectivity index (χ3v) is 3.62. The first kappa shape index (κ1) is 13.2. The number of ether oxygens (including phenoxy) is 1. The predicted octanol–water partition coefficient (Wildman–Crippen LogP) is 4.40. The summed E-state index contributed by atoms with van der Waals surface area (Å²) >= 11 is 12.3. The van der Waals surface area contributed by atoms with Crippen LogP contribution in [0.3, 0.4) is 0 Å². The Hall–Kier alpha value is -1.78. The fraction of sp³-hybridized carbons (Fsp3) is 0.143. The van der Waals surface area contributed by atoms with Crippen molar-refractivity contribution in [1.82, 2.24) is 15.2 Å². The molecule has 1 N–H and O–H groups in total. The summed E-state index contributed by atoms with van der Waals surface area (Å²) in [6.45, 7) is 1.90. The summed E-state index contributed by atoms with van der Waals surface area (Å²) in [5, 5.41) is 8.85. The molecule has 0 saturated carbocycles. The molecule has 0 saturated heterocycles. The Balaban J connectivity index is 1.90. The number of nitrogens with one attached hydrogen (secondary N) is 1. The van der Waals surface area contributed by atoms with Gasteiger partial charge in [-0.2, -0.15) is 5.10 Å². The fourth-order valence-corrected chi connectivity index (χ4v) is 2.74. The van der Waals surface area contributed by atoms with Crippen LogP contribution in [-0.2, 0) is 0 Å². The molecule has 0 fully saturated rings. The number of hydrogen-bond acceptors (Lipinski definition) is 3. The van der Waals surface area contributed by atoms with Crippen molar-refractivity contribution < 1.29 is 4.74 Å². The van der Waals surface area contributed by atoms with E-state index in [-0.39, 0.29) is 6.10 Å². The third kappa shape index (κ3) is 2.44. The molecule has 0 aliphatic rings. The Morgan fingerprint density at radius 1 is 1.15 bits per heavy atom. The summed E-state index contributed by atoms with van der Waals surface area (Å²) < 4.78 is 5.90. The van der Waals surface area contributed by atoms with Gasteiger partial charge in [0.05, 0.1) is 21.8 Å². The highest BCUT2D eigenvalue weighted by molar-refractivity contribution is 6.35. The number of halogens is 2. The molecule has 0 aliphatic heterocycles.